The van der Waals surface area contributed by atoms with Gasteiger partial charge in [-0.1, -0.05) is 73.5 Å². The topological polar surface area (TPSA) is 86.8 Å². The van der Waals surface area contributed by atoms with Crippen molar-refractivity contribution in [3.63, 3.8) is 0 Å². The number of sulfonamides is 1. The predicted octanol–water partition coefficient (Wildman–Crippen LogP) is 4.91. The molecule has 218 valence electrons. The van der Waals surface area contributed by atoms with E-state index in [0.717, 1.165) is 47.4 Å². The highest BCUT2D eigenvalue weighted by atomic mass is 32.2. The molecule has 4 rings (SSSR count). The summed E-state index contributed by atoms with van der Waals surface area (Å²) in [6, 6.07) is 19.9. The molecule has 1 aliphatic rings. The van der Waals surface area contributed by atoms with Crippen LogP contribution >= 0.6 is 0 Å². The van der Waals surface area contributed by atoms with Crippen molar-refractivity contribution in [1.29, 1.82) is 0 Å². The third-order valence-electron chi connectivity index (χ3n) is 7.58. The molecule has 7 nitrogen and oxygen atoms in total. The van der Waals surface area contributed by atoms with Crippen molar-refractivity contribution >= 4 is 27.5 Å². The van der Waals surface area contributed by atoms with Crippen molar-refractivity contribution in [1.82, 2.24) is 10.2 Å². The maximum Gasteiger partial charge on any atom is 0.244 e. The van der Waals surface area contributed by atoms with Crippen molar-refractivity contribution in [2.75, 3.05) is 17.1 Å². The van der Waals surface area contributed by atoms with Crippen LogP contribution in [0.1, 0.15) is 47.9 Å². The van der Waals surface area contributed by atoms with Gasteiger partial charge in [0.1, 0.15) is 18.4 Å². The molecular weight excluding hydrogens is 541 g/mol. The Morgan fingerprint density at radius 3 is 2.29 bits per heavy atom. The molecule has 1 saturated carbocycles. The summed E-state index contributed by atoms with van der Waals surface area (Å²) in [5.41, 5.74) is 2.99. The summed E-state index contributed by atoms with van der Waals surface area (Å²) in [6.07, 6.45) is 5.01. The van der Waals surface area contributed by atoms with Crippen molar-refractivity contribution < 1.29 is 22.4 Å². The van der Waals surface area contributed by atoms with E-state index in [1.54, 1.807) is 37.3 Å². The molecule has 1 atom stereocenters. The van der Waals surface area contributed by atoms with Gasteiger partial charge >= 0.3 is 0 Å². The Hall–Kier alpha value is -3.72. The highest BCUT2D eigenvalue weighted by molar-refractivity contribution is 7.92. The molecule has 3 aromatic carbocycles. The van der Waals surface area contributed by atoms with Gasteiger partial charge in [-0.3, -0.25) is 13.9 Å². The van der Waals surface area contributed by atoms with Crippen LogP contribution in [-0.2, 0) is 32.6 Å². The van der Waals surface area contributed by atoms with E-state index in [1.807, 2.05) is 43.3 Å². The number of amides is 2. The summed E-state index contributed by atoms with van der Waals surface area (Å²) in [4.78, 5) is 29.4. The van der Waals surface area contributed by atoms with E-state index in [-0.39, 0.29) is 30.5 Å². The van der Waals surface area contributed by atoms with E-state index in [2.05, 4.69) is 5.32 Å². The molecule has 1 fully saturated rings. The van der Waals surface area contributed by atoms with Crippen molar-refractivity contribution in [3.8, 4) is 0 Å². The van der Waals surface area contributed by atoms with Crippen LogP contribution in [-0.4, -0.2) is 50.0 Å². The molecule has 0 heterocycles. The molecule has 1 N–H and O–H groups in total. The van der Waals surface area contributed by atoms with Gasteiger partial charge < -0.3 is 10.2 Å². The van der Waals surface area contributed by atoms with Crippen molar-refractivity contribution in [2.45, 2.75) is 64.6 Å². The van der Waals surface area contributed by atoms with Crippen LogP contribution in [0.2, 0.25) is 0 Å². The number of hydrogen-bond donors (Lipinski definition) is 1. The Morgan fingerprint density at radius 2 is 1.63 bits per heavy atom. The third kappa shape index (κ3) is 7.94. The first-order valence-electron chi connectivity index (χ1n) is 13.9. The largest absolute Gasteiger partial charge is 0.352 e. The number of halogens is 1. The van der Waals surface area contributed by atoms with Crippen LogP contribution < -0.4 is 9.62 Å². The Bertz CT molecular complexity index is 1470. The molecule has 2 amide bonds. The molecule has 0 aliphatic heterocycles. The van der Waals surface area contributed by atoms with Gasteiger partial charge in [0.05, 0.1) is 11.9 Å². The number of carbonyl (C=O) groups is 2. The lowest BCUT2D eigenvalue weighted by Gasteiger charge is -2.34. The summed E-state index contributed by atoms with van der Waals surface area (Å²) in [7, 11) is -3.88. The zero-order chi connectivity index (χ0) is 29.6. The standard InChI is InChI=1S/C32H38FN3O4S/c1-23-17-18-24(2)29(19-23)36(41(3,39)40)22-31(37)35(21-26-13-7-10-16-28(26)33)30(20-25-11-5-4-6-12-25)32(38)34-27-14-8-9-15-27/h4-7,10-13,16-19,27,30H,8-9,14-15,20-22H2,1-3H3,(H,34,38)/t30-/m1/s1. The normalized spacial score (nSPS) is 14.4. The quantitative estimate of drug-likeness (QED) is 0.350. The number of hydrogen-bond acceptors (Lipinski definition) is 4. The lowest BCUT2D eigenvalue weighted by Crippen LogP contribution is -2.54. The number of nitrogens with one attached hydrogen (secondary N) is 1. The monoisotopic (exact) mass is 579 g/mol. The Morgan fingerprint density at radius 1 is 0.976 bits per heavy atom. The molecule has 0 aromatic heterocycles. The second-order valence-corrected chi connectivity index (χ2v) is 12.8. The van der Waals surface area contributed by atoms with E-state index < -0.39 is 34.3 Å². The summed E-state index contributed by atoms with van der Waals surface area (Å²) >= 11 is 0. The zero-order valence-electron chi connectivity index (χ0n) is 23.8. The van der Waals surface area contributed by atoms with E-state index in [1.165, 1.54) is 11.0 Å². The molecule has 0 spiro atoms. The van der Waals surface area contributed by atoms with Gasteiger partial charge in [-0.15, -0.1) is 0 Å². The summed E-state index contributed by atoms with van der Waals surface area (Å²) in [5.74, 6) is -1.43. The minimum Gasteiger partial charge on any atom is -0.352 e. The highest BCUT2D eigenvalue weighted by Crippen LogP contribution is 2.26. The fourth-order valence-electron chi connectivity index (χ4n) is 5.31. The second-order valence-electron chi connectivity index (χ2n) is 10.9. The summed E-state index contributed by atoms with van der Waals surface area (Å²) in [5, 5.41) is 3.11. The fraction of sp³-hybridized carbons (Fsp3) is 0.375. The first-order chi connectivity index (χ1) is 19.5. The van der Waals surface area contributed by atoms with Gasteiger partial charge in [-0.2, -0.15) is 0 Å². The Kier molecular flexibility index (Phi) is 9.81. The number of carbonyl (C=O) groups excluding carboxylic acids is 2. The van der Waals surface area contributed by atoms with E-state index in [9.17, 15) is 22.4 Å². The highest BCUT2D eigenvalue weighted by Gasteiger charge is 2.34. The number of nitrogens with zero attached hydrogens (tertiary/aromatic N) is 2. The van der Waals surface area contributed by atoms with E-state index in [0.29, 0.717) is 11.3 Å². The van der Waals surface area contributed by atoms with Crippen LogP contribution in [0, 0.1) is 19.7 Å². The van der Waals surface area contributed by atoms with E-state index in [4.69, 9.17) is 0 Å². The predicted molar refractivity (Wildman–Crippen MR) is 159 cm³/mol. The van der Waals surface area contributed by atoms with Gasteiger partial charge in [0.2, 0.25) is 21.8 Å². The minimum atomic E-state index is -3.88. The van der Waals surface area contributed by atoms with Crippen LogP contribution in [0.5, 0.6) is 0 Å². The van der Waals surface area contributed by atoms with Gasteiger partial charge in [-0.25, -0.2) is 12.8 Å². The minimum absolute atomic E-state index is 0.00801. The number of aryl methyl sites for hydroxylation is 2. The molecule has 0 unspecified atom stereocenters. The SMILES string of the molecule is Cc1ccc(C)c(N(CC(=O)N(Cc2ccccc2F)[C@H](Cc2ccccc2)C(=O)NC2CCCC2)S(C)(=O)=O)c1. The second kappa shape index (κ2) is 13.3. The average Bonchev–Trinajstić information content (AvgIpc) is 3.44. The molecule has 1 aliphatic carbocycles. The van der Waals surface area contributed by atoms with Crippen molar-refractivity contribution in [2.24, 2.45) is 0 Å². The van der Waals surface area contributed by atoms with Crippen LogP contribution in [0.4, 0.5) is 10.1 Å². The van der Waals surface area contributed by atoms with Gasteiger partial charge in [0.15, 0.2) is 0 Å². The summed E-state index contributed by atoms with van der Waals surface area (Å²) < 4.78 is 42.0. The van der Waals surface area contributed by atoms with E-state index >= 15 is 0 Å². The molecule has 3 aromatic rings. The third-order valence-corrected chi connectivity index (χ3v) is 8.71. The average molecular weight is 580 g/mol. The lowest BCUT2D eigenvalue weighted by atomic mass is 10.0. The molecule has 0 saturated heterocycles. The molecule has 0 bridgehead atoms. The number of rotatable bonds is 11. The molecular formula is C32H38FN3O4S. The Balaban J connectivity index is 1.75. The van der Waals surface area contributed by atoms with Gasteiger partial charge in [0.25, 0.3) is 0 Å². The molecule has 0 radical (unpaired) electrons. The Labute approximate surface area is 242 Å². The first-order valence-corrected chi connectivity index (χ1v) is 15.8. The van der Waals surface area contributed by atoms with Crippen molar-refractivity contribution in [3.05, 3.63) is 101 Å². The van der Waals surface area contributed by atoms with Crippen LogP contribution in [0.3, 0.4) is 0 Å². The molecule has 9 heteroatoms. The zero-order valence-corrected chi connectivity index (χ0v) is 24.7. The van der Waals surface area contributed by atoms with Gasteiger partial charge in [0, 0.05) is 24.6 Å². The molecule has 41 heavy (non-hydrogen) atoms. The smallest absolute Gasteiger partial charge is 0.244 e. The van der Waals surface area contributed by atoms with Gasteiger partial charge in [-0.05, 0) is 55.5 Å². The fourth-order valence-corrected chi connectivity index (χ4v) is 6.21. The first kappa shape index (κ1) is 30.2. The maximum absolute atomic E-state index is 14.9. The number of anilines is 1. The maximum atomic E-state index is 14.9. The number of benzene rings is 3. The van der Waals surface area contributed by atoms with Crippen LogP contribution in [0.15, 0.2) is 72.8 Å². The lowest BCUT2D eigenvalue weighted by molar-refractivity contribution is -0.140. The summed E-state index contributed by atoms with van der Waals surface area (Å²) in [6.45, 7) is 2.91. The van der Waals surface area contributed by atoms with Crippen LogP contribution in [0.25, 0.3) is 0 Å².